The Morgan fingerprint density at radius 1 is 0.364 bits per heavy atom. The lowest BCUT2D eigenvalue weighted by molar-refractivity contribution is 0.670. The molecule has 0 atom stereocenters. The lowest BCUT2D eigenvalue weighted by Gasteiger charge is -2.29. The molecule has 0 N–H and O–H groups in total. The topological polar surface area (TPSA) is 16.4 Å². The number of para-hydroxylation sites is 3. The average Bonchev–Trinajstić information content (AvgIpc) is 3.50. The maximum absolute atomic E-state index is 6.64. The summed E-state index contributed by atoms with van der Waals surface area (Å²) in [6.45, 7) is 0. The second kappa shape index (κ2) is 11.1. The van der Waals surface area contributed by atoms with Gasteiger partial charge in [-0.15, -0.1) is 0 Å². The number of nitrogens with zero attached hydrogens (tertiary/aromatic N) is 1. The van der Waals surface area contributed by atoms with E-state index in [9.17, 15) is 0 Å². The van der Waals surface area contributed by atoms with E-state index in [1.165, 1.54) is 11.1 Å². The van der Waals surface area contributed by atoms with Crippen molar-refractivity contribution >= 4 is 39.0 Å². The van der Waals surface area contributed by atoms with E-state index in [-0.39, 0.29) is 0 Å². The van der Waals surface area contributed by atoms with Gasteiger partial charge in [0, 0.05) is 22.2 Å². The summed E-state index contributed by atoms with van der Waals surface area (Å²) >= 11 is 0. The number of hydrogen-bond donors (Lipinski definition) is 0. The quantitative estimate of drug-likeness (QED) is 0.200. The van der Waals surface area contributed by atoms with Crippen LogP contribution in [0.15, 0.2) is 180 Å². The number of fused-ring (bicyclic) bond motifs is 3. The highest BCUT2D eigenvalue weighted by molar-refractivity contribution is 6.17. The molecule has 0 aliphatic heterocycles. The molecule has 0 saturated heterocycles. The predicted octanol–water partition coefficient (Wildman–Crippen LogP) is 12.1. The van der Waals surface area contributed by atoms with Gasteiger partial charge in [0.2, 0.25) is 0 Å². The Hall–Kier alpha value is -5.86. The molecule has 44 heavy (non-hydrogen) atoms. The van der Waals surface area contributed by atoms with Crippen LogP contribution in [-0.4, -0.2) is 0 Å². The molecule has 0 unspecified atom stereocenters. The standard InChI is InChI=1S/C42H29NO/c1-4-14-30(15-5-1)31-24-26-33(27-25-31)35-20-10-12-22-38(35)43(34-18-8-3-9-19-34)39-29-28-36(32-16-6-2-7-17-32)42-41(39)37-21-11-13-23-40(37)44-42/h1-29H. The smallest absolute Gasteiger partial charge is 0.145 e. The van der Waals surface area contributed by atoms with Crippen molar-refractivity contribution in [3.05, 3.63) is 176 Å². The summed E-state index contributed by atoms with van der Waals surface area (Å²) < 4.78 is 6.64. The number of benzene rings is 7. The van der Waals surface area contributed by atoms with Crippen molar-refractivity contribution in [3.63, 3.8) is 0 Å². The van der Waals surface area contributed by atoms with Crippen molar-refractivity contribution in [3.8, 4) is 33.4 Å². The van der Waals surface area contributed by atoms with Gasteiger partial charge in [0.25, 0.3) is 0 Å². The van der Waals surface area contributed by atoms with Gasteiger partial charge in [-0.2, -0.15) is 0 Å². The van der Waals surface area contributed by atoms with Crippen molar-refractivity contribution < 1.29 is 4.42 Å². The van der Waals surface area contributed by atoms with Crippen LogP contribution in [-0.2, 0) is 0 Å². The Labute approximate surface area is 257 Å². The minimum atomic E-state index is 0.880. The van der Waals surface area contributed by atoms with Crippen LogP contribution in [0.2, 0.25) is 0 Å². The molecular formula is C42H29NO. The SMILES string of the molecule is c1ccc(-c2ccc(-c3ccccc3N(c3ccccc3)c3ccc(-c4ccccc4)c4oc5ccccc5c34)cc2)cc1. The van der Waals surface area contributed by atoms with E-state index in [2.05, 4.69) is 169 Å². The Kier molecular flexibility index (Phi) is 6.51. The normalized spacial score (nSPS) is 11.2. The van der Waals surface area contributed by atoms with Crippen molar-refractivity contribution in [2.24, 2.45) is 0 Å². The summed E-state index contributed by atoms with van der Waals surface area (Å²) in [5.74, 6) is 0. The average molecular weight is 564 g/mol. The van der Waals surface area contributed by atoms with Gasteiger partial charge in [0.15, 0.2) is 0 Å². The van der Waals surface area contributed by atoms with Crippen LogP contribution in [0.1, 0.15) is 0 Å². The fourth-order valence-corrected chi connectivity index (χ4v) is 6.21. The minimum Gasteiger partial charge on any atom is -0.455 e. The summed E-state index contributed by atoms with van der Waals surface area (Å²) in [6.07, 6.45) is 0. The van der Waals surface area contributed by atoms with Gasteiger partial charge in [0.05, 0.1) is 16.8 Å². The van der Waals surface area contributed by atoms with Gasteiger partial charge < -0.3 is 9.32 Å². The van der Waals surface area contributed by atoms with Gasteiger partial charge in [-0.3, -0.25) is 0 Å². The number of anilines is 3. The largest absolute Gasteiger partial charge is 0.455 e. The van der Waals surface area contributed by atoms with Gasteiger partial charge >= 0.3 is 0 Å². The van der Waals surface area contributed by atoms with Gasteiger partial charge in [0.1, 0.15) is 11.2 Å². The molecule has 7 aromatic carbocycles. The number of rotatable bonds is 6. The highest BCUT2D eigenvalue weighted by atomic mass is 16.3. The van der Waals surface area contributed by atoms with E-state index in [1.54, 1.807) is 0 Å². The van der Waals surface area contributed by atoms with Crippen LogP contribution in [0, 0.1) is 0 Å². The maximum Gasteiger partial charge on any atom is 0.145 e. The first kappa shape index (κ1) is 25.8. The van der Waals surface area contributed by atoms with Crippen LogP contribution in [0.25, 0.3) is 55.3 Å². The molecule has 0 saturated carbocycles. The first-order chi connectivity index (χ1) is 21.8. The lowest BCUT2D eigenvalue weighted by atomic mass is 9.97. The summed E-state index contributed by atoms with van der Waals surface area (Å²) in [6, 6.07) is 62.0. The van der Waals surface area contributed by atoms with Crippen LogP contribution in [0.4, 0.5) is 17.1 Å². The van der Waals surface area contributed by atoms with Crippen LogP contribution < -0.4 is 4.90 Å². The second-order valence-corrected chi connectivity index (χ2v) is 10.9. The summed E-state index contributed by atoms with van der Waals surface area (Å²) in [5, 5.41) is 2.20. The predicted molar refractivity (Wildman–Crippen MR) is 185 cm³/mol. The molecular weight excluding hydrogens is 534 g/mol. The molecule has 8 aromatic rings. The second-order valence-electron chi connectivity index (χ2n) is 10.9. The van der Waals surface area contributed by atoms with Gasteiger partial charge in [-0.1, -0.05) is 140 Å². The molecule has 2 heteroatoms. The molecule has 0 amide bonds. The van der Waals surface area contributed by atoms with E-state index >= 15 is 0 Å². The summed E-state index contributed by atoms with van der Waals surface area (Å²) in [7, 11) is 0. The van der Waals surface area contributed by atoms with E-state index in [1.807, 2.05) is 12.1 Å². The third-order valence-corrected chi connectivity index (χ3v) is 8.29. The first-order valence-corrected chi connectivity index (χ1v) is 14.9. The number of furan rings is 1. The molecule has 0 aliphatic carbocycles. The van der Waals surface area contributed by atoms with Crippen LogP contribution >= 0.6 is 0 Å². The Morgan fingerprint density at radius 2 is 0.909 bits per heavy atom. The van der Waals surface area contributed by atoms with E-state index in [0.29, 0.717) is 0 Å². The molecule has 0 radical (unpaired) electrons. The zero-order valence-corrected chi connectivity index (χ0v) is 24.1. The van der Waals surface area contributed by atoms with E-state index in [0.717, 1.165) is 61.3 Å². The molecule has 208 valence electrons. The molecule has 0 spiro atoms. The monoisotopic (exact) mass is 563 g/mol. The summed E-state index contributed by atoms with van der Waals surface area (Å²) in [5.41, 5.74) is 12.0. The van der Waals surface area contributed by atoms with Gasteiger partial charge in [-0.05, 0) is 58.7 Å². The van der Waals surface area contributed by atoms with Crippen LogP contribution in [0.3, 0.4) is 0 Å². The molecule has 1 aromatic heterocycles. The Balaban J connectivity index is 1.36. The lowest BCUT2D eigenvalue weighted by Crippen LogP contribution is -2.11. The molecule has 1 heterocycles. The molecule has 0 fully saturated rings. The Morgan fingerprint density at radius 3 is 1.66 bits per heavy atom. The molecule has 0 bridgehead atoms. The van der Waals surface area contributed by atoms with Crippen molar-refractivity contribution in [2.45, 2.75) is 0 Å². The zero-order chi connectivity index (χ0) is 29.3. The van der Waals surface area contributed by atoms with Crippen LogP contribution in [0.5, 0.6) is 0 Å². The zero-order valence-electron chi connectivity index (χ0n) is 24.1. The maximum atomic E-state index is 6.64. The van der Waals surface area contributed by atoms with Crippen molar-refractivity contribution in [1.29, 1.82) is 0 Å². The third-order valence-electron chi connectivity index (χ3n) is 8.29. The third kappa shape index (κ3) is 4.54. The number of hydrogen-bond acceptors (Lipinski definition) is 2. The Bertz CT molecular complexity index is 2200. The fourth-order valence-electron chi connectivity index (χ4n) is 6.21. The molecule has 2 nitrogen and oxygen atoms in total. The highest BCUT2D eigenvalue weighted by Crippen LogP contribution is 2.48. The fraction of sp³-hybridized carbons (Fsp3) is 0. The van der Waals surface area contributed by atoms with Crippen molar-refractivity contribution in [1.82, 2.24) is 0 Å². The molecule has 0 aliphatic rings. The highest BCUT2D eigenvalue weighted by Gasteiger charge is 2.23. The first-order valence-electron chi connectivity index (χ1n) is 14.9. The summed E-state index contributed by atoms with van der Waals surface area (Å²) in [4.78, 5) is 2.37. The van der Waals surface area contributed by atoms with Gasteiger partial charge in [-0.25, -0.2) is 0 Å². The van der Waals surface area contributed by atoms with E-state index in [4.69, 9.17) is 4.42 Å². The molecule has 8 rings (SSSR count). The van der Waals surface area contributed by atoms with E-state index < -0.39 is 0 Å². The van der Waals surface area contributed by atoms with Crippen molar-refractivity contribution in [2.75, 3.05) is 4.90 Å². The minimum absolute atomic E-state index is 0.880.